The van der Waals surface area contributed by atoms with Crippen LogP contribution in [0, 0.1) is 0 Å². The first-order chi connectivity index (χ1) is 2.91. The van der Waals surface area contributed by atoms with Crippen molar-refractivity contribution in [3.63, 3.8) is 0 Å². The van der Waals surface area contributed by atoms with Crippen molar-refractivity contribution >= 4 is 30.0 Å². The molecule has 0 amide bonds. The van der Waals surface area contributed by atoms with Gasteiger partial charge < -0.3 is 4.79 Å². The van der Waals surface area contributed by atoms with E-state index >= 15 is 0 Å². The van der Waals surface area contributed by atoms with Gasteiger partial charge in [-0.1, -0.05) is 23.2 Å². The Morgan fingerprint density at radius 1 is 1.17 bits per heavy atom. The number of carbonyl (C=O) groups is 1. The Hall–Kier alpha value is -0.0100. The summed E-state index contributed by atoms with van der Waals surface area (Å²) in [5.41, 5.74) is 2.48. The molecule has 0 saturated heterocycles. The van der Waals surface area contributed by atoms with Crippen LogP contribution in [0.25, 0.3) is 0 Å². The normalized spacial score (nSPS) is 7.00. The zero-order valence-electron chi connectivity index (χ0n) is 3.03. The summed E-state index contributed by atoms with van der Waals surface area (Å²) < 4.78 is 0. The van der Waals surface area contributed by atoms with Crippen LogP contribution in [0.15, 0.2) is 11.1 Å². The third-order valence-electron chi connectivity index (χ3n) is 0.0476. The molecule has 0 heterocycles. The number of hydrogen-bond donors (Lipinski definition) is 0. The Balaban J connectivity index is 0. The monoisotopic (exact) mass is 126 g/mol. The third kappa shape index (κ3) is 36.4. The Morgan fingerprint density at radius 3 is 1.33 bits per heavy atom. The molecule has 0 aromatic carbocycles. The molecule has 0 aromatic rings. The minimum atomic E-state index is 1.24. The molecular formula is C3H4Cl2O. The lowest BCUT2D eigenvalue weighted by Gasteiger charge is -1.44. The third-order valence-corrected chi connectivity index (χ3v) is 0.429. The quantitative estimate of drug-likeness (QED) is 0.484. The molecule has 0 aromatic heterocycles. The van der Waals surface area contributed by atoms with E-state index in [1.807, 2.05) is 6.79 Å². The predicted molar refractivity (Wildman–Crippen MR) is 28.0 cm³/mol. The summed E-state index contributed by atoms with van der Waals surface area (Å²) in [6.07, 6.45) is 0. The minimum Gasteiger partial charge on any atom is -0.307 e. The van der Waals surface area contributed by atoms with Crippen molar-refractivity contribution in [1.29, 1.82) is 0 Å². The average molecular weight is 127 g/mol. The van der Waals surface area contributed by atoms with Crippen molar-refractivity contribution in [1.82, 2.24) is 0 Å². The van der Waals surface area contributed by atoms with Crippen molar-refractivity contribution in [3.05, 3.63) is 11.1 Å². The molecule has 3 heteroatoms. The van der Waals surface area contributed by atoms with Crippen LogP contribution in [-0.4, -0.2) is 6.79 Å². The molecule has 0 rings (SSSR count). The van der Waals surface area contributed by atoms with Gasteiger partial charge in [-0.15, -0.1) is 0 Å². The van der Waals surface area contributed by atoms with E-state index < -0.39 is 0 Å². The fourth-order valence-electron chi connectivity index (χ4n) is 0. The van der Waals surface area contributed by atoms with Crippen LogP contribution in [0.3, 0.4) is 0 Å². The van der Waals surface area contributed by atoms with Crippen LogP contribution in [-0.2, 0) is 4.79 Å². The predicted octanol–water partition coefficient (Wildman–Crippen LogP) is 1.75. The lowest BCUT2D eigenvalue weighted by Crippen LogP contribution is -1.11. The molecule has 0 atom stereocenters. The topological polar surface area (TPSA) is 17.1 Å². The summed E-state index contributed by atoms with van der Waals surface area (Å²) in [5.74, 6) is 0. The Bertz CT molecular complexity index is 31.8. The molecule has 0 aliphatic rings. The van der Waals surface area contributed by atoms with Crippen LogP contribution in [0.1, 0.15) is 0 Å². The number of hydrogen-bond acceptors (Lipinski definition) is 1. The zero-order chi connectivity index (χ0) is 5.41. The van der Waals surface area contributed by atoms with Gasteiger partial charge in [-0.25, -0.2) is 0 Å². The highest BCUT2D eigenvalue weighted by atomic mass is 35.5. The largest absolute Gasteiger partial charge is 0.307 e. The number of halogens is 2. The summed E-state index contributed by atoms with van der Waals surface area (Å²) in [4.78, 5) is 8.00. The second-order valence-electron chi connectivity index (χ2n) is 0.252. The van der Waals surface area contributed by atoms with E-state index in [9.17, 15) is 0 Å². The Kier molecular flexibility index (Phi) is 31.3. The van der Waals surface area contributed by atoms with Gasteiger partial charge in [0.15, 0.2) is 0 Å². The highest BCUT2D eigenvalue weighted by Crippen LogP contribution is 1.78. The maximum absolute atomic E-state index is 8.00. The summed E-state index contributed by atoms with van der Waals surface area (Å²) in [7, 11) is 0. The lowest BCUT2D eigenvalue weighted by atomic mass is 11.3. The Morgan fingerprint density at radius 2 is 1.33 bits per heavy atom. The van der Waals surface area contributed by atoms with Gasteiger partial charge in [0.1, 0.15) is 6.79 Å². The van der Waals surface area contributed by atoms with Crippen molar-refractivity contribution in [2.75, 3.05) is 0 Å². The molecule has 0 unspecified atom stereocenters. The van der Waals surface area contributed by atoms with E-state index in [2.05, 4.69) is 0 Å². The molecule has 0 aliphatic carbocycles. The van der Waals surface area contributed by atoms with Gasteiger partial charge in [-0.05, 0) is 0 Å². The molecule has 0 spiro atoms. The summed E-state index contributed by atoms with van der Waals surface area (Å²) in [5, 5.41) is 0. The number of carbonyl (C=O) groups excluding carboxylic acids is 1. The Labute approximate surface area is 46.6 Å². The molecule has 0 saturated carbocycles. The average Bonchev–Trinajstić information content (AvgIpc) is 1.72. The standard InChI is InChI=1S/C2H2Cl2.CH2O/c3-1-2-4;1-2/h1-2H;1H2. The van der Waals surface area contributed by atoms with E-state index in [0.29, 0.717) is 0 Å². The molecule has 36 valence electrons. The molecule has 0 fully saturated rings. The minimum absolute atomic E-state index is 1.24. The van der Waals surface area contributed by atoms with Gasteiger partial charge in [-0.3, -0.25) is 0 Å². The van der Waals surface area contributed by atoms with E-state index in [1.165, 1.54) is 11.1 Å². The smallest absolute Gasteiger partial charge is 0.106 e. The van der Waals surface area contributed by atoms with Gasteiger partial charge in [0.05, 0.1) is 0 Å². The summed E-state index contributed by atoms with van der Waals surface area (Å²) >= 11 is 9.75. The van der Waals surface area contributed by atoms with Gasteiger partial charge in [0.2, 0.25) is 0 Å². The second kappa shape index (κ2) is 20.1. The van der Waals surface area contributed by atoms with Gasteiger partial charge in [0.25, 0.3) is 0 Å². The van der Waals surface area contributed by atoms with Crippen LogP contribution in [0.2, 0.25) is 0 Å². The molecule has 0 N–H and O–H groups in total. The highest BCUT2D eigenvalue weighted by Gasteiger charge is 1.40. The SMILES string of the molecule is C=O.ClC=CCl. The van der Waals surface area contributed by atoms with Crippen LogP contribution >= 0.6 is 23.2 Å². The maximum Gasteiger partial charge on any atom is 0.106 e. The van der Waals surface area contributed by atoms with Gasteiger partial charge in [-0.2, -0.15) is 0 Å². The van der Waals surface area contributed by atoms with Crippen molar-refractivity contribution in [2.24, 2.45) is 0 Å². The first-order valence-electron chi connectivity index (χ1n) is 1.06. The second-order valence-corrected chi connectivity index (χ2v) is 0.756. The first-order valence-corrected chi connectivity index (χ1v) is 1.93. The molecule has 0 bridgehead atoms. The van der Waals surface area contributed by atoms with Gasteiger partial charge >= 0.3 is 0 Å². The summed E-state index contributed by atoms with van der Waals surface area (Å²) in [6.45, 7) is 2.00. The molecule has 6 heavy (non-hydrogen) atoms. The van der Waals surface area contributed by atoms with Crippen molar-refractivity contribution in [2.45, 2.75) is 0 Å². The molecule has 0 aliphatic heterocycles. The van der Waals surface area contributed by atoms with Gasteiger partial charge in [0, 0.05) is 11.1 Å². The van der Waals surface area contributed by atoms with Crippen molar-refractivity contribution in [3.8, 4) is 0 Å². The number of rotatable bonds is 0. The highest BCUT2D eigenvalue weighted by molar-refractivity contribution is 6.33. The lowest BCUT2D eigenvalue weighted by molar-refractivity contribution is -0.0979. The maximum atomic E-state index is 8.00. The van der Waals surface area contributed by atoms with Crippen LogP contribution < -0.4 is 0 Å². The fraction of sp³-hybridized carbons (Fsp3) is 0. The van der Waals surface area contributed by atoms with E-state index in [4.69, 9.17) is 28.0 Å². The molecule has 1 nitrogen and oxygen atoms in total. The van der Waals surface area contributed by atoms with Crippen LogP contribution in [0.4, 0.5) is 0 Å². The fourth-order valence-corrected chi connectivity index (χ4v) is 0. The van der Waals surface area contributed by atoms with Crippen molar-refractivity contribution < 1.29 is 4.79 Å². The van der Waals surface area contributed by atoms with E-state index in [1.54, 1.807) is 0 Å². The zero-order valence-corrected chi connectivity index (χ0v) is 4.54. The van der Waals surface area contributed by atoms with E-state index in [0.717, 1.165) is 0 Å². The van der Waals surface area contributed by atoms with Crippen LogP contribution in [0.5, 0.6) is 0 Å². The summed E-state index contributed by atoms with van der Waals surface area (Å²) in [6, 6.07) is 0. The van der Waals surface area contributed by atoms with E-state index in [-0.39, 0.29) is 0 Å². The first kappa shape index (κ1) is 9.37. The molecular weight excluding hydrogens is 123 g/mol. The molecule has 0 radical (unpaired) electrons.